The number of hydrogen-bond donors (Lipinski definition) is 2. The second-order valence-corrected chi connectivity index (χ2v) is 6.44. The Hall–Kier alpha value is -1.15. The molecule has 0 saturated carbocycles. The minimum atomic E-state index is 0. The summed E-state index contributed by atoms with van der Waals surface area (Å²) in [6, 6.07) is 8.25. The van der Waals surface area contributed by atoms with Crippen LogP contribution in [0, 0.1) is 6.92 Å². The number of guanidine groups is 1. The third-order valence-electron chi connectivity index (χ3n) is 3.51. The third kappa shape index (κ3) is 6.10. The molecule has 0 unspecified atom stereocenters. The quantitative estimate of drug-likeness (QED) is 0.400. The Labute approximate surface area is 159 Å². The van der Waals surface area contributed by atoms with E-state index in [9.17, 15) is 0 Å². The van der Waals surface area contributed by atoms with Gasteiger partial charge in [0.05, 0.1) is 10.7 Å². The van der Waals surface area contributed by atoms with Gasteiger partial charge in [0.2, 0.25) is 0 Å². The van der Waals surface area contributed by atoms with Crippen molar-refractivity contribution in [2.24, 2.45) is 10.7 Å². The molecule has 0 atom stereocenters. The molecule has 3 N–H and O–H groups in total. The number of thiazole rings is 1. The molecule has 0 bridgehead atoms. The first-order valence-corrected chi connectivity index (χ1v) is 8.55. The third-order valence-corrected chi connectivity index (χ3v) is 4.59. The summed E-state index contributed by atoms with van der Waals surface area (Å²) in [5.74, 6) is 0.452. The predicted octanol–water partition coefficient (Wildman–Crippen LogP) is 4.16. The summed E-state index contributed by atoms with van der Waals surface area (Å²) >= 11 is 1.76. The van der Waals surface area contributed by atoms with Gasteiger partial charge in [-0.3, -0.25) is 4.99 Å². The number of hydrogen-bond acceptors (Lipinski definition) is 3. The predicted molar refractivity (Wildman–Crippen MR) is 111 cm³/mol. The summed E-state index contributed by atoms with van der Waals surface area (Å²) in [5, 5.41) is 4.26. The number of aryl methyl sites for hydroxylation is 3. The lowest BCUT2D eigenvalue weighted by Crippen LogP contribution is -2.23. The van der Waals surface area contributed by atoms with Crippen LogP contribution >= 0.6 is 35.3 Å². The van der Waals surface area contributed by atoms with Crippen LogP contribution in [0.25, 0.3) is 0 Å². The van der Waals surface area contributed by atoms with Gasteiger partial charge in [0.25, 0.3) is 0 Å². The van der Waals surface area contributed by atoms with Gasteiger partial charge in [-0.25, -0.2) is 4.98 Å². The van der Waals surface area contributed by atoms with Crippen molar-refractivity contribution in [2.45, 2.75) is 40.0 Å². The van der Waals surface area contributed by atoms with E-state index in [0.717, 1.165) is 30.0 Å². The molecule has 0 spiro atoms. The zero-order valence-corrected chi connectivity index (χ0v) is 17.1. The Morgan fingerprint density at radius 1 is 1.22 bits per heavy atom. The number of nitrogens with one attached hydrogen (secondary N) is 1. The largest absolute Gasteiger partial charge is 0.370 e. The van der Waals surface area contributed by atoms with Crippen LogP contribution < -0.4 is 11.1 Å². The fourth-order valence-electron chi connectivity index (χ4n) is 2.21. The number of aliphatic imine (C=N–C) groups is 1. The van der Waals surface area contributed by atoms with Crippen molar-refractivity contribution < 1.29 is 0 Å². The fraction of sp³-hybridized carbons (Fsp3) is 0.412. The highest BCUT2D eigenvalue weighted by Crippen LogP contribution is 2.18. The Morgan fingerprint density at radius 2 is 1.91 bits per heavy atom. The summed E-state index contributed by atoms with van der Waals surface area (Å²) in [4.78, 5) is 10.3. The van der Waals surface area contributed by atoms with Crippen molar-refractivity contribution in [2.75, 3.05) is 11.9 Å². The van der Waals surface area contributed by atoms with Crippen LogP contribution in [0.4, 0.5) is 5.69 Å². The van der Waals surface area contributed by atoms with Crippen molar-refractivity contribution >= 4 is 47.0 Å². The summed E-state index contributed by atoms with van der Waals surface area (Å²) in [6.45, 7) is 7.05. The first-order valence-electron chi connectivity index (χ1n) is 7.73. The molecule has 6 heteroatoms. The SMILES string of the molecule is CCc1ccc(NC(N)=NCCc2nc(CC)c(C)s2)cc1.I. The topological polar surface area (TPSA) is 63.3 Å². The van der Waals surface area contributed by atoms with E-state index in [1.807, 2.05) is 12.1 Å². The van der Waals surface area contributed by atoms with Gasteiger partial charge in [-0.15, -0.1) is 35.3 Å². The molecular formula is C17H25IN4S. The Morgan fingerprint density at radius 3 is 2.48 bits per heavy atom. The van der Waals surface area contributed by atoms with E-state index < -0.39 is 0 Å². The van der Waals surface area contributed by atoms with Crippen LogP contribution in [0.5, 0.6) is 0 Å². The van der Waals surface area contributed by atoms with Gasteiger partial charge in [-0.2, -0.15) is 0 Å². The molecule has 0 amide bonds. The molecule has 23 heavy (non-hydrogen) atoms. The number of benzene rings is 1. The summed E-state index contributed by atoms with van der Waals surface area (Å²) in [7, 11) is 0. The fourth-order valence-corrected chi connectivity index (χ4v) is 3.22. The van der Waals surface area contributed by atoms with Gasteiger partial charge in [0.1, 0.15) is 0 Å². The average Bonchev–Trinajstić information content (AvgIpc) is 2.88. The standard InChI is InChI=1S/C17H24N4S.HI/c1-4-13-6-8-14(9-7-13)20-17(18)19-11-10-16-21-15(5-2)12(3)22-16;/h6-9H,4-5,10-11H2,1-3H3,(H3,18,19,20);1H. The van der Waals surface area contributed by atoms with Crippen LogP contribution in [-0.4, -0.2) is 17.5 Å². The van der Waals surface area contributed by atoms with E-state index in [1.165, 1.54) is 16.1 Å². The lowest BCUT2D eigenvalue weighted by molar-refractivity contribution is 0.925. The maximum Gasteiger partial charge on any atom is 0.193 e. The Bertz CT molecular complexity index is 635. The molecule has 1 heterocycles. The van der Waals surface area contributed by atoms with Crippen molar-refractivity contribution in [1.82, 2.24) is 4.98 Å². The summed E-state index contributed by atoms with van der Waals surface area (Å²) < 4.78 is 0. The first-order chi connectivity index (χ1) is 10.6. The number of rotatable bonds is 6. The van der Waals surface area contributed by atoms with Crippen molar-refractivity contribution in [3.8, 4) is 0 Å². The number of nitrogens with two attached hydrogens (primary N) is 1. The van der Waals surface area contributed by atoms with Gasteiger partial charge in [0, 0.05) is 23.5 Å². The second-order valence-electron chi connectivity index (χ2n) is 5.16. The van der Waals surface area contributed by atoms with E-state index >= 15 is 0 Å². The molecule has 2 rings (SSSR count). The van der Waals surface area contributed by atoms with Crippen LogP contribution in [0.1, 0.15) is 35.0 Å². The molecule has 0 fully saturated rings. The lowest BCUT2D eigenvalue weighted by atomic mass is 10.1. The van der Waals surface area contributed by atoms with Gasteiger partial charge in [-0.05, 0) is 37.5 Å². The average molecular weight is 444 g/mol. The van der Waals surface area contributed by atoms with Gasteiger partial charge in [0.15, 0.2) is 5.96 Å². The molecule has 2 aromatic rings. The van der Waals surface area contributed by atoms with Crippen LogP contribution in [0.2, 0.25) is 0 Å². The molecule has 0 aliphatic heterocycles. The van der Waals surface area contributed by atoms with E-state index in [0.29, 0.717) is 12.5 Å². The maximum atomic E-state index is 5.92. The first kappa shape index (κ1) is 19.9. The smallest absolute Gasteiger partial charge is 0.193 e. The lowest BCUT2D eigenvalue weighted by Gasteiger charge is -2.06. The normalized spacial score (nSPS) is 11.2. The highest BCUT2D eigenvalue weighted by atomic mass is 127. The molecule has 1 aromatic carbocycles. The molecule has 0 radical (unpaired) electrons. The number of anilines is 1. The second kappa shape index (κ2) is 9.87. The van der Waals surface area contributed by atoms with E-state index in [1.54, 1.807) is 11.3 Å². The van der Waals surface area contributed by atoms with Crippen LogP contribution in [-0.2, 0) is 19.3 Å². The Balaban J connectivity index is 0.00000264. The molecule has 0 aliphatic rings. The van der Waals surface area contributed by atoms with Crippen molar-refractivity contribution in [1.29, 1.82) is 0 Å². The summed E-state index contributed by atoms with van der Waals surface area (Å²) in [6.07, 6.45) is 2.86. The van der Waals surface area contributed by atoms with Gasteiger partial charge >= 0.3 is 0 Å². The zero-order chi connectivity index (χ0) is 15.9. The minimum absolute atomic E-state index is 0. The van der Waals surface area contributed by atoms with Crippen LogP contribution in [0.3, 0.4) is 0 Å². The van der Waals surface area contributed by atoms with Gasteiger partial charge < -0.3 is 11.1 Å². The zero-order valence-electron chi connectivity index (χ0n) is 13.9. The monoisotopic (exact) mass is 444 g/mol. The molecule has 126 valence electrons. The number of nitrogens with zero attached hydrogens (tertiary/aromatic N) is 2. The van der Waals surface area contributed by atoms with E-state index in [2.05, 4.69) is 48.2 Å². The molecule has 1 aromatic heterocycles. The van der Waals surface area contributed by atoms with Gasteiger partial charge in [-0.1, -0.05) is 26.0 Å². The molecule has 0 saturated heterocycles. The Kier molecular flexibility index (Phi) is 8.54. The molecule has 4 nitrogen and oxygen atoms in total. The summed E-state index contributed by atoms with van der Waals surface area (Å²) in [5.41, 5.74) is 9.40. The number of aromatic nitrogens is 1. The number of halogens is 1. The van der Waals surface area contributed by atoms with E-state index in [-0.39, 0.29) is 24.0 Å². The molecule has 0 aliphatic carbocycles. The van der Waals surface area contributed by atoms with Crippen LogP contribution in [0.15, 0.2) is 29.3 Å². The highest BCUT2D eigenvalue weighted by molar-refractivity contribution is 14.0. The minimum Gasteiger partial charge on any atom is -0.370 e. The van der Waals surface area contributed by atoms with Crippen molar-refractivity contribution in [3.63, 3.8) is 0 Å². The molecular weight excluding hydrogens is 419 g/mol. The van der Waals surface area contributed by atoms with Crippen molar-refractivity contribution in [3.05, 3.63) is 45.4 Å². The van der Waals surface area contributed by atoms with E-state index in [4.69, 9.17) is 5.73 Å². The maximum absolute atomic E-state index is 5.92. The highest BCUT2D eigenvalue weighted by Gasteiger charge is 2.05.